The zero-order valence-corrected chi connectivity index (χ0v) is 15.9. The van der Waals surface area contributed by atoms with Crippen LogP contribution in [0.3, 0.4) is 0 Å². The molecule has 0 amide bonds. The van der Waals surface area contributed by atoms with Gasteiger partial charge in [0, 0.05) is 5.56 Å². The number of sulfonamides is 1. The van der Waals surface area contributed by atoms with E-state index >= 15 is 0 Å². The van der Waals surface area contributed by atoms with Crippen LogP contribution in [0.1, 0.15) is 43.6 Å². The Labute approximate surface area is 149 Å². The molecule has 0 spiro atoms. The number of hydrogen-bond donors (Lipinski definition) is 1. The number of hydrogen-bond acceptors (Lipinski definition) is 4. The molecule has 0 saturated heterocycles. The van der Waals surface area contributed by atoms with Crippen molar-refractivity contribution >= 4 is 21.5 Å². The number of rotatable bonds is 5. The van der Waals surface area contributed by atoms with E-state index in [1.54, 1.807) is 24.3 Å². The second kappa shape index (κ2) is 6.88. The Kier molecular flexibility index (Phi) is 5.23. The largest absolute Gasteiger partial charge is 0.495 e. The SMILES string of the molecule is COc1ccc(C(C)(C)C)cc1NS(=O)(=O)c1cccc(C(C)=O)c1. The van der Waals surface area contributed by atoms with Crippen molar-refractivity contribution in [3.8, 4) is 5.75 Å². The van der Waals surface area contributed by atoms with Gasteiger partial charge in [-0.05, 0) is 42.2 Å². The van der Waals surface area contributed by atoms with Crippen LogP contribution in [0.25, 0.3) is 0 Å². The lowest BCUT2D eigenvalue weighted by molar-refractivity contribution is 0.101. The summed E-state index contributed by atoms with van der Waals surface area (Å²) in [4.78, 5) is 11.5. The molecule has 0 aliphatic heterocycles. The molecule has 2 aromatic carbocycles. The maximum Gasteiger partial charge on any atom is 0.262 e. The minimum absolute atomic E-state index is 0.0309. The maximum atomic E-state index is 12.7. The number of nitrogens with one attached hydrogen (secondary N) is 1. The fraction of sp³-hybridized carbons (Fsp3) is 0.316. The molecule has 0 bridgehead atoms. The van der Waals surface area contributed by atoms with Crippen molar-refractivity contribution in [1.82, 2.24) is 0 Å². The zero-order valence-electron chi connectivity index (χ0n) is 15.1. The van der Waals surface area contributed by atoms with Gasteiger partial charge in [-0.15, -0.1) is 0 Å². The Morgan fingerprint density at radius 1 is 1.08 bits per heavy atom. The molecule has 2 aromatic rings. The Bertz CT molecular complexity index is 896. The number of Topliss-reactive ketones (excluding diaryl/α,β-unsaturated/α-hetero) is 1. The highest BCUT2D eigenvalue weighted by Gasteiger charge is 2.20. The van der Waals surface area contributed by atoms with Gasteiger partial charge in [-0.25, -0.2) is 8.42 Å². The summed E-state index contributed by atoms with van der Waals surface area (Å²) in [6.07, 6.45) is 0. The van der Waals surface area contributed by atoms with Gasteiger partial charge in [-0.1, -0.05) is 39.0 Å². The van der Waals surface area contributed by atoms with E-state index in [0.29, 0.717) is 17.0 Å². The monoisotopic (exact) mass is 361 g/mol. The average molecular weight is 361 g/mol. The normalized spacial score (nSPS) is 11.9. The molecule has 0 aliphatic carbocycles. The molecule has 5 nitrogen and oxygen atoms in total. The first kappa shape index (κ1) is 19.0. The number of carbonyl (C=O) groups is 1. The van der Waals surface area contributed by atoms with Crippen LogP contribution < -0.4 is 9.46 Å². The van der Waals surface area contributed by atoms with E-state index in [4.69, 9.17) is 4.74 Å². The van der Waals surface area contributed by atoms with E-state index in [0.717, 1.165) is 5.56 Å². The summed E-state index contributed by atoms with van der Waals surface area (Å²) >= 11 is 0. The summed E-state index contributed by atoms with van der Waals surface area (Å²) in [5, 5.41) is 0. The summed E-state index contributed by atoms with van der Waals surface area (Å²) < 4.78 is 33.3. The molecule has 0 fully saturated rings. The summed E-state index contributed by atoms with van der Waals surface area (Å²) in [6.45, 7) is 7.53. The Morgan fingerprint density at radius 3 is 2.32 bits per heavy atom. The van der Waals surface area contributed by atoms with E-state index < -0.39 is 10.0 Å². The highest BCUT2D eigenvalue weighted by Crippen LogP contribution is 2.32. The predicted molar refractivity (Wildman–Crippen MR) is 98.9 cm³/mol. The number of carbonyl (C=O) groups excluding carboxylic acids is 1. The fourth-order valence-electron chi connectivity index (χ4n) is 2.34. The van der Waals surface area contributed by atoms with Crippen LogP contribution in [0.4, 0.5) is 5.69 Å². The van der Waals surface area contributed by atoms with Crippen molar-refractivity contribution in [3.63, 3.8) is 0 Å². The van der Waals surface area contributed by atoms with E-state index in [-0.39, 0.29) is 16.1 Å². The number of benzene rings is 2. The van der Waals surface area contributed by atoms with Crippen LogP contribution >= 0.6 is 0 Å². The molecule has 0 aromatic heterocycles. The van der Waals surface area contributed by atoms with Crippen molar-refractivity contribution < 1.29 is 17.9 Å². The van der Waals surface area contributed by atoms with Gasteiger partial charge >= 0.3 is 0 Å². The molecule has 134 valence electrons. The lowest BCUT2D eigenvalue weighted by Gasteiger charge is -2.21. The Hall–Kier alpha value is -2.34. The van der Waals surface area contributed by atoms with Crippen molar-refractivity contribution in [2.75, 3.05) is 11.8 Å². The summed E-state index contributed by atoms with van der Waals surface area (Å²) in [5.74, 6) is 0.239. The van der Waals surface area contributed by atoms with Crippen LogP contribution in [0.2, 0.25) is 0 Å². The zero-order chi connectivity index (χ0) is 18.8. The molecular formula is C19H23NO4S. The number of ketones is 1. The third-order valence-electron chi connectivity index (χ3n) is 3.86. The summed E-state index contributed by atoms with van der Waals surface area (Å²) in [7, 11) is -2.36. The molecule has 0 unspecified atom stereocenters. The Morgan fingerprint density at radius 2 is 1.76 bits per heavy atom. The highest BCUT2D eigenvalue weighted by atomic mass is 32.2. The maximum absolute atomic E-state index is 12.7. The van der Waals surface area contributed by atoms with Gasteiger partial charge in [-0.2, -0.15) is 0 Å². The lowest BCUT2D eigenvalue weighted by Crippen LogP contribution is -2.16. The van der Waals surface area contributed by atoms with Gasteiger partial charge in [0.2, 0.25) is 0 Å². The van der Waals surface area contributed by atoms with E-state index in [1.165, 1.54) is 26.2 Å². The van der Waals surface area contributed by atoms with Crippen molar-refractivity contribution in [2.24, 2.45) is 0 Å². The highest BCUT2D eigenvalue weighted by molar-refractivity contribution is 7.92. The van der Waals surface area contributed by atoms with Gasteiger partial charge in [0.1, 0.15) is 5.75 Å². The fourth-order valence-corrected chi connectivity index (χ4v) is 3.45. The lowest BCUT2D eigenvalue weighted by atomic mass is 9.87. The molecule has 0 aliphatic rings. The molecule has 2 rings (SSSR count). The number of ether oxygens (including phenoxy) is 1. The molecule has 25 heavy (non-hydrogen) atoms. The van der Waals surface area contributed by atoms with Crippen LogP contribution in [-0.2, 0) is 15.4 Å². The number of methoxy groups -OCH3 is 1. The molecular weight excluding hydrogens is 338 g/mol. The van der Waals surface area contributed by atoms with E-state index in [9.17, 15) is 13.2 Å². The molecule has 0 atom stereocenters. The van der Waals surface area contributed by atoms with E-state index in [2.05, 4.69) is 4.72 Å². The second-order valence-electron chi connectivity index (χ2n) is 6.85. The van der Waals surface area contributed by atoms with Gasteiger partial charge < -0.3 is 4.74 Å². The van der Waals surface area contributed by atoms with E-state index in [1.807, 2.05) is 26.8 Å². The van der Waals surface area contributed by atoms with Crippen LogP contribution in [0.5, 0.6) is 5.75 Å². The minimum Gasteiger partial charge on any atom is -0.495 e. The summed E-state index contributed by atoms with van der Waals surface area (Å²) in [6, 6.07) is 11.4. The molecule has 6 heteroatoms. The van der Waals surface area contributed by atoms with Crippen LogP contribution in [-0.4, -0.2) is 21.3 Å². The summed E-state index contributed by atoms with van der Waals surface area (Å²) in [5.41, 5.74) is 1.55. The smallest absolute Gasteiger partial charge is 0.262 e. The third kappa shape index (κ3) is 4.39. The quantitative estimate of drug-likeness (QED) is 0.817. The average Bonchev–Trinajstić information content (AvgIpc) is 2.53. The van der Waals surface area contributed by atoms with Gasteiger partial charge in [0.05, 0.1) is 17.7 Å². The van der Waals surface area contributed by atoms with Crippen molar-refractivity contribution in [3.05, 3.63) is 53.6 Å². The first-order chi connectivity index (χ1) is 11.5. The number of anilines is 1. The molecule has 0 saturated carbocycles. The molecule has 1 N–H and O–H groups in total. The van der Waals surface area contributed by atoms with Gasteiger partial charge in [0.15, 0.2) is 5.78 Å². The Balaban J connectivity index is 2.47. The van der Waals surface area contributed by atoms with Crippen molar-refractivity contribution in [1.29, 1.82) is 0 Å². The standard InChI is InChI=1S/C19H23NO4S/c1-13(21)14-7-6-8-16(11-14)25(22,23)20-17-12-15(19(2,3)4)9-10-18(17)24-5/h6-12,20H,1-5H3. The van der Waals surface area contributed by atoms with Gasteiger partial charge in [0.25, 0.3) is 10.0 Å². The molecule has 0 heterocycles. The first-order valence-electron chi connectivity index (χ1n) is 7.87. The predicted octanol–water partition coefficient (Wildman–Crippen LogP) is 4.00. The molecule has 0 radical (unpaired) electrons. The van der Waals surface area contributed by atoms with Crippen molar-refractivity contribution in [2.45, 2.75) is 38.0 Å². The second-order valence-corrected chi connectivity index (χ2v) is 8.54. The van der Waals surface area contributed by atoms with Crippen LogP contribution in [0.15, 0.2) is 47.4 Å². The topological polar surface area (TPSA) is 72.5 Å². The third-order valence-corrected chi connectivity index (χ3v) is 5.22. The van der Waals surface area contributed by atoms with Crippen LogP contribution in [0, 0.1) is 0 Å². The van der Waals surface area contributed by atoms with Gasteiger partial charge in [-0.3, -0.25) is 9.52 Å². The first-order valence-corrected chi connectivity index (χ1v) is 9.35. The minimum atomic E-state index is -3.85.